The molecule has 2 rings (SSSR count). The lowest BCUT2D eigenvalue weighted by Crippen LogP contribution is -2.40. The fraction of sp³-hybridized carbons (Fsp3) is 0.333. The van der Waals surface area contributed by atoms with Crippen LogP contribution in [-0.2, 0) is 4.74 Å². The Morgan fingerprint density at radius 1 is 1.31 bits per heavy atom. The molecule has 1 saturated heterocycles. The highest BCUT2D eigenvalue weighted by atomic mass is 19.1. The van der Waals surface area contributed by atoms with Crippen molar-refractivity contribution in [3.63, 3.8) is 0 Å². The number of anilines is 1. The fourth-order valence-corrected chi connectivity index (χ4v) is 1.15. The van der Waals surface area contributed by atoms with Crippen molar-refractivity contribution in [3.05, 3.63) is 29.8 Å². The summed E-state index contributed by atoms with van der Waals surface area (Å²) in [5.41, 5.74) is 0.202. The van der Waals surface area contributed by atoms with Crippen molar-refractivity contribution in [2.75, 3.05) is 18.5 Å². The number of hydrogen-bond acceptors (Lipinski definition) is 2. The van der Waals surface area contributed by atoms with E-state index in [0.29, 0.717) is 13.2 Å². The van der Waals surface area contributed by atoms with Gasteiger partial charge in [0, 0.05) is 0 Å². The van der Waals surface area contributed by atoms with Gasteiger partial charge in [0.05, 0.1) is 24.9 Å². The number of ether oxygens (including phenoxy) is 1. The third-order valence-corrected chi connectivity index (χ3v) is 1.93. The molecule has 0 unspecified atom stereocenters. The van der Waals surface area contributed by atoms with Gasteiger partial charge in [0.2, 0.25) is 0 Å². The third kappa shape index (κ3) is 1.78. The lowest BCUT2D eigenvalue weighted by Gasteiger charge is -2.27. The van der Waals surface area contributed by atoms with Crippen molar-refractivity contribution < 1.29 is 13.5 Å². The highest BCUT2D eigenvalue weighted by Crippen LogP contribution is 2.18. The molecule has 4 heteroatoms. The van der Waals surface area contributed by atoms with Gasteiger partial charge in [-0.05, 0) is 18.2 Å². The SMILES string of the molecule is Fc1ccc(F)c(NC2COC2)c1. The molecule has 2 nitrogen and oxygen atoms in total. The van der Waals surface area contributed by atoms with Crippen molar-refractivity contribution in [3.8, 4) is 0 Å². The Balaban J connectivity index is 2.13. The van der Waals surface area contributed by atoms with Crippen molar-refractivity contribution in [1.82, 2.24) is 0 Å². The maximum atomic E-state index is 13.0. The first-order valence-corrected chi connectivity index (χ1v) is 4.05. The van der Waals surface area contributed by atoms with Gasteiger partial charge in [0.25, 0.3) is 0 Å². The molecule has 1 fully saturated rings. The average Bonchev–Trinajstić information content (AvgIpc) is 2.03. The van der Waals surface area contributed by atoms with E-state index in [4.69, 9.17) is 4.74 Å². The van der Waals surface area contributed by atoms with Crippen LogP contribution < -0.4 is 5.32 Å². The van der Waals surface area contributed by atoms with Gasteiger partial charge in [0.15, 0.2) is 0 Å². The molecule has 0 spiro atoms. The van der Waals surface area contributed by atoms with E-state index in [1.54, 1.807) is 0 Å². The zero-order valence-electron chi connectivity index (χ0n) is 6.89. The fourth-order valence-electron chi connectivity index (χ4n) is 1.15. The molecule has 1 aliphatic rings. The average molecular weight is 185 g/mol. The molecule has 1 N–H and O–H groups in total. The Hall–Kier alpha value is -1.16. The van der Waals surface area contributed by atoms with E-state index >= 15 is 0 Å². The molecular weight excluding hydrogens is 176 g/mol. The first-order valence-electron chi connectivity index (χ1n) is 4.05. The number of rotatable bonds is 2. The van der Waals surface area contributed by atoms with E-state index in [2.05, 4.69) is 5.32 Å². The molecule has 1 heterocycles. The van der Waals surface area contributed by atoms with Crippen LogP contribution in [-0.4, -0.2) is 19.3 Å². The van der Waals surface area contributed by atoms with Gasteiger partial charge in [-0.1, -0.05) is 0 Å². The molecule has 1 aromatic rings. The van der Waals surface area contributed by atoms with E-state index in [0.717, 1.165) is 18.2 Å². The third-order valence-electron chi connectivity index (χ3n) is 1.93. The summed E-state index contributed by atoms with van der Waals surface area (Å²) in [6.07, 6.45) is 0. The van der Waals surface area contributed by atoms with E-state index < -0.39 is 11.6 Å². The highest BCUT2D eigenvalue weighted by molar-refractivity contribution is 5.46. The summed E-state index contributed by atoms with van der Waals surface area (Å²) >= 11 is 0. The molecule has 0 bridgehead atoms. The van der Waals surface area contributed by atoms with Gasteiger partial charge < -0.3 is 10.1 Å². The van der Waals surface area contributed by atoms with Gasteiger partial charge in [-0.2, -0.15) is 0 Å². The predicted octanol–water partition coefficient (Wildman–Crippen LogP) is 1.78. The summed E-state index contributed by atoms with van der Waals surface area (Å²) in [6.45, 7) is 1.10. The first-order chi connectivity index (χ1) is 6.25. The summed E-state index contributed by atoms with van der Waals surface area (Å²) in [4.78, 5) is 0. The Morgan fingerprint density at radius 2 is 2.08 bits per heavy atom. The number of benzene rings is 1. The molecule has 13 heavy (non-hydrogen) atoms. The number of halogens is 2. The standard InChI is InChI=1S/C9H9F2NO/c10-6-1-2-8(11)9(3-6)12-7-4-13-5-7/h1-3,7,12H,4-5H2. The minimum Gasteiger partial charge on any atom is -0.377 e. The van der Waals surface area contributed by atoms with Crippen LogP contribution in [0.25, 0.3) is 0 Å². The van der Waals surface area contributed by atoms with E-state index in [9.17, 15) is 8.78 Å². The van der Waals surface area contributed by atoms with Crippen molar-refractivity contribution in [2.24, 2.45) is 0 Å². The second-order valence-electron chi connectivity index (χ2n) is 3.00. The molecule has 0 amide bonds. The lowest BCUT2D eigenvalue weighted by atomic mass is 10.2. The highest BCUT2D eigenvalue weighted by Gasteiger charge is 2.19. The molecule has 1 aliphatic heterocycles. The smallest absolute Gasteiger partial charge is 0.146 e. The zero-order chi connectivity index (χ0) is 9.26. The molecule has 0 atom stereocenters. The predicted molar refractivity (Wildman–Crippen MR) is 44.6 cm³/mol. The van der Waals surface area contributed by atoms with Crippen LogP contribution in [0.1, 0.15) is 0 Å². The van der Waals surface area contributed by atoms with Crippen LogP contribution in [0.4, 0.5) is 14.5 Å². The summed E-state index contributed by atoms with van der Waals surface area (Å²) in [5.74, 6) is -0.877. The molecule has 0 aliphatic carbocycles. The van der Waals surface area contributed by atoms with E-state index in [1.165, 1.54) is 0 Å². The zero-order valence-corrected chi connectivity index (χ0v) is 6.89. The molecular formula is C9H9F2NO. The van der Waals surface area contributed by atoms with Crippen molar-refractivity contribution >= 4 is 5.69 Å². The van der Waals surface area contributed by atoms with E-state index in [1.807, 2.05) is 0 Å². The largest absolute Gasteiger partial charge is 0.377 e. The lowest BCUT2D eigenvalue weighted by molar-refractivity contribution is 0.0210. The van der Waals surface area contributed by atoms with Crippen LogP contribution in [0.5, 0.6) is 0 Å². The maximum Gasteiger partial charge on any atom is 0.146 e. The van der Waals surface area contributed by atoms with Crippen LogP contribution >= 0.6 is 0 Å². The molecule has 1 aromatic carbocycles. The monoisotopic (exact) mass is 185 g/mol. The second kappa shape index (κ2) is 3.30. The Kier molecular flexibility index (Phi) is 2.14. The molecule has 70 valence electrons. The quantitative estimate of drug-likeness (QED) is 0.758. The van der Waals surface area contributed by atoms with Crippen LogP contribution in [0, 0.1) is 11.6 Å². The molecule has 0 radical (unpaired) electrons. The number of hydrogen-bond donors (Lipinski definition) is 1. The molecule has 0 aromatic heterocycles. The minimum atomic E-state index is -0.441. The topological polar surface area (TPSA) is 21.3 Å². The Labute approximate surface area is 74.5 Å². The second-order valence-corrected chi connectivity index (χ2v) is 3.00. The summed E-state index contributed by atoms with van der Waals surface area (Å²) < 4.78 is 30.6. The van der Waals surface area contributed by atoms with Crippen LogP contribution in [0.15, 0.2) is 18.2 Å². The van der Waals surface area contributed by atoms with Crippen molar-refractivity contribution in [1.29, 1.82) is 0 Å². The summed E-state index contributed by atoms with van der Waals surface area (Å²) in [5, 5.41) is 2.85. The van der Waals surface area contributed by atoms with Crippen LogP contribution in [0.3, 0.4) is 0 Å². The van der Waals surface area contributed by atoms with Crippen molar-refractivity contribution in [2.45, 2.75) is 6.04 Å². The normalized spacial score (nSPS) is 16.8. The Morgan fingerprint density at radius 3 is 2.69 bits per heavy atom. The van der Waals surface area contributed by atoms with Gasteiger partial charge >= 0.3 is 0 Å². The summed E-state index contributed by atoms with van der Waals surface area (Å²) in [7, 11) is 0. The molecule has 0 saturated carbocycles. The van der Waals surface area contributed by atoms with Gasteiger partial charge in [0.1, 0.15) is 11.6 Å². The van der Waals surface area contributed by atoms with Gasteiger partial charge in [-0.3, -0.25) is 0 Å². The Bertz CT molecular complexity index is 312. The van der Waals surface area contributed by atoms with E-state index in [-0.39, 0.29) is 11.7 Å². The summed E-state index contributed by atoms with van der Waals surface area (Å²) in [6, 6.07) is 3.46. The first kappa shape index (κ1) is 8.44. The maximum absolute atomic E-state index is 13.0. The number of nitrogens with one attached hydrogen (secondary N) is 1. The van der Waals surface area contributed by atoms with Crippen LogP contribution in [0.2, 0.25) is 0 Å². The van der Waals surface area contributed by atoms with Gasteiger partial charge in [-0.25, -0.2) is 8.78 Å². The minimum absolute atomic E-state index is 0.108. The van der Waals surface area contributed by atoms with Gasteiger partial charge in [-0.15, -0.1) is 0 Å².